The Bertz CT molecular complexity index is 757. The zero-order chi connectivity index (χ0) is 17.1. The Kier molecular flexibility index (Phi) is 5.05. The van der Waals surface area contributed by atoms with Gasteiger partial charge < -0.3 is 14.5 Å². The molecule has 0 radical (unpaired) electrons. The molecule has 1 N–H and O–H groups in total. The van der Waals surface area contributed by atoms with Crippen molar-refractivity contribution in [2.45, 2.75) is 26.9 Å². The Hall–Kier alpha value is -2.34. The first kappa shape index (κ1) is 17.0. The summed E-state index contributed by atoms with van der Waals surface area (Å²) in [6, 6.07) is 5.11. The lowest BCUT2D eigenvalue weighted by molar-refractivity contribution is -0.123. The second-order valence-electron chi connectivity index (χ2n) is 4.99. The van der Waals surface area contributed by atoms with Crippen LogP contribution >= 0.6 is 11.6 Å². The van der Waals surface area contributed by atoms with Crippen molar-refractivity contribution in [2.24, 2.45) is 0 Å². The topological polar surface area (TPSA) is 68.5 Å². The number of amides is 1. The summed E-state index contributed by atoms with van der Waals surface area (Å²) in [5.74, 6) is -0.762. The molecule has 2 aromatic rings. The quantitative estimate of drug-likeness (QED) is 0.858. The molecule has 1 amide bonds. The minimum atomic E-state index is -1.06. The first-order valence-electron chi connectivity index (χ1n) is 6.82. The molecule has 0 aliphatic heterocycles. The highest BCUT2D eigenvalue weighted by molar-refractivity contribution is 6.33. The summed E-state index contributed by atoms with van der Waals surface area (Å²) >= 11 is 5.83. The minimum absolute atomic E-state index is 0.0539. The monoisotopic (exact) mass is 339 g/mol. The summed E-state index contributed by atoms with van der Waals surface area (Å²) in [5.41, 5.74) is 0.498. The minimum Gasteiger partial charge on any atom is -0.466 e. The van der Waals surface area contributed by atoms with Crippen LogP contribution in [0, 0.1) is 19.7 Å². The van der Waals surface area contributed by atoms with Crippen molar-refractivity contribution in [1.29, 1.82) is 0 Å². The second kappa shape index (κ2) is 6.83. The van der Waals surface area contributed by atoms with E-state index in [0.717, 1.165) is 12.1 Å². The van der Waals surface area contributed by atoms with Gasteiger partial charge in [0.2, 0.25) is 0 Å². The van der Waals surface area contributed by atoms with E-state index in [1.54, 1.807) is 19.9 Å². The molecule has 5 nitrogen and oxygen atoms in total. The Balaban J connectivity index is 2.02. The molecule has 2 rings (SSSR count). The average molecular weight is 340 g/mol. The summed E-state index contributed by atoms with van der Waals surface area (Å²) in [5, 5.41) is 2.53. The van der Waals surface area contributed by atoms with Crippen LogP contribution < -0.4 is 5.32 Å². The molecule has 1 heterocycles. The molecule has 0 fully saturated rings. The predicted molar refractivity (Wildman–Crippen MR) is 83.1 cm³/mol. The molecule has 7 heteroatoms. The highest BCUT2D eigenvalue weighted by Crippen LogP contribution is 2.23. The Morgan fingerprint density at radius 2 is 2.00 bits per heavy atom. The average Bonchev–Trinajstić information content (AvgIpc) is 2.80. The number of carbonyl (C=O) groups excluding carboxylic acids is 2. The number of ether oxygens (including phenoxy) is 1. The smallest absolute Gasteiger partial charge is 0.342 e. The SMILES string of the molecule is Cc1cc(C(=O)OC(C)C(=O)Nc2ccc(F)cc2Cl)c(C)o1. The number of esters is 1. The van der Waals surface area contributed by atoms with Crippen LogP contribution in [0.4, 0.5) is 10.1 Å². The molecule has 1 aromatic carbocycles. The number of hydrogen-bond donors (Lipinski definition) is 1. The van der Waals surface area contributed by atoms with Gasteiger partial charge in [-0.2, -0.15) is 0 Å². The molecule has 122 valence electrons. The lowest BCUT2D eigenvalue weighted by Gasteiger charge is -2.14. The van der Waals surface area contributed by atoms with Gasteiger partial charge in [0.15, 0.2) is 6.10 Å². The van der Waals surface area contributed by atoms with Crippen molar-refractivity contribution in [3.63, 3.8) is 0 Å². The summed E-state index contributed by atoms with van der Waals surface area (Å²) in [4.78, 5) is 24.1. The Morgan fingerprint density at radius 3 is 2.57 bits per heavy atom. The van der Waals surface area contributed by atoms with Gasteiger partial charge in [-0.15, -0.1) is 0 Å². The molecule has 1 aromatic heterocycles. The third kappa shape index (κ3) is 4.10. The Labute approximate surface area is 137 Å². The number of furan rings is 1. The van der Waals surface area contributed by atoms with Crippen molar-refractivity contribution < 1.29 is 23.1 Å². The van der Waals surface area contributed by atoms with E-state index in [9.17, 15) is 14.0 Å². The van der Waals surface area contributed by atoms with Crippen LogP contribution in [0.25, 0.3) is 0 Å². The van der Waals surface area contributed by atoms with E-state index in [1.165, 1.54) is 13.0 Å². The maximum absolute atomic E-state index is 13.0. The molecule has 0 bridgehead atoms. The van der Waals surface area contributed by atoms with Crippen LogP contribution in [0.1, 0.15) is 28.8 Å². The van der Waals surface area contributed by atoms with Crippen molar-refractivity contribution in [3.8, 4) is 0 Å². The van der Waals surface area contributed by atoms with Gasteiger partial charge in [0.05, 0.1) is 10.7 Å². The van der Waals surface area contributed by atoms with Gasteiger partial charge in [0.25, 0.3) is 5.91 Å². The molecule has 1 atom stereocenters. The lowest BCUT2D eigenvalue weighted by atomic mass is 10.2. The van der Waals surface area contributed by atoms with Gasteiger partial charge in [0, 0.05) is 0 Å². The molecule has 0 aliphatic rings. The normalized spacial score (nSPS) is 11.9. The van der Waals surface area contributed by atoms with Crippen LogP contribution in [0.15, 0.2) is 28.7 Å². The molecule has 0 aliphatic carbocycles. The van der Waals surface area contributed by atoms with Crippen molar-refractivity contribution in [1.82, 2.24) is 0 Å². The van der Waals surface area contributed by atoms with E-state index < -0.39 is 23.8 Å². The van der Waals surface area contributed by atoms with Crippen LogP contribution in [-0.4, -0.2) is 18.0 Å². The van der Waals surface area contributed by atoms with Crippen molar-refractivity contribution in [3.05, 3.63) is 52.2 Å². The number of rotatable bonds is 4. The Morgan fingerprint density at radius 1 is 1.30 bits per heavy atom. The zero-order valence-electron chi connectivity index (χ0n) is 12.8. The van der Waals surface area contributed by atoms with E-state index in [4.69, 9.17) is 20.8 Å². The maximum atomic E-state index is 13.0. The molecule has 23 heavy (non-hydrogen) atoms. The fourth-order valence-corrected chi connectivity index (χ4v) is 2.15. The summed E-state index contributed by atoms with van der Waals surface area (Å²) in [7, 11) is 0. The number of aryl methyl sites for hydroxylation is 2. The third-order valence-corrected chi connectivity index (χ3v) is 3.42. The standard InChI is InChI=1S/C16H15ClFNO4/c1-8-6-12(9(2)22-8)16(21)23-10(3)15(20)19-14-5-4-11(18)7-13(14)17/h4-7,10H,1-3H3,(H,19,20). The molecule has 0 saturated carbocycles. The van der Waals surface area contributed by atoms with Gasteiger partial charge in [-0.3, -0.25) is 4.79 Å². The molecule has 1 unspecified atom stereocenters. The number of benzene rings is 1. The highest BCUT2D eigenvalue weighted by atomic mass is 35.5. The van der Waals surface area contributed by atoms with E-state index in [0.29, 0.717) is 11.5 Å². The van der Waals surface area contributed by atoms with Crippen molar-refractivity contribution >= 4 is 29.2 Å². The largest absolute Gasteiger partial charge is 0.466 e. The van der Waals surface area contributed by atoms with Gasteiger partial charge in [-0.1, -0.05) is 11.6 Å². The van der Waals surface area contributed by atoms with Gasteiger partial charge in [-0.25, -0.2) is 9.18 Å². The number of nitrogens with one attached hydrogen (secondary N) is 1. The number of carbonyl (C=O) groups is 2. The van der Waals surface area contributed by atoms with Gasteiger partial charge in [-0.05, 0) is 45.0 Å². The van der Waals surface area contributed by atoms with Crippen molar-refractivity contribution in [2.75, 3.05) is 5.32 Å². The predicted octanol–water partition coefficient (Wildman–Crippen LogP) is 3.87. The van der Waals surface area contributed by atoms with Gasteiger partial charge in [0.1, 0.15) is 22.9 Å². The first-order chi connectivity index (χ1) is 10.8. The highest BCUT2D eigenvalue weighted by Gasteiger charge is 2.22. The number of anilines is 1. The number of halogens is 2. The molecular weight excluding hydrogens is 325 g/mol. The van der Waals surface area contributed by atoms with Crippen LogP contribution in [0.3, 0.4) is 0 Å². The summed E-state index contributed by atoms with van der Waals surface area (Å²) in [6.45, 7) is 4.76. The molecule has 0 saturated heterocycles. The summed E-state index contributed by atoms with van der Waals surface area (Å²) < 4.78 is 23.3. The van der Waals surface area contributed by atoms with E-state index >= 15 is 0 Å². The number of hydrogen-bond acceptors (Lipinski definition) is 4. The maximum Gasteiger partial charge on any atom is 0.342 e. The zero-order valence-corrected chi connectivity index (χ0v) is 13.5. The fourth-order valence-electron chi connectivity index (χ4n) is 1.94. The summed E-state index contributed by atoms with van der Waals surface area (Å²) in [6.07, 6.45) is -1.06. The lowest BCUT2D eigenvalue weighted by Crippen LogP contribution is -2.30. The van der Waals surface area contributed by atoms with Crippen LogP contribution in [-0.2, 0) is 9.53 Å². The third-order valence-electron chi connectivity index (χ3n) is 3.10. The van der Waals surface area contributed by atoms with Gasteiger partial charge >= 0.3 is 5.97 Å². The molecule has 0 spiro atoms. The molecular formula is C16H15ClFNO4. The van der Waals surface area contributed by atoms with E-state index in [-0.39, 0.29) is 16.3 Å². The first-order valence-corrected chi connectivity index (χ1v) is 7.19. The second-order valence-corrected chi connectivity index (χ2v) is 5.40. The van der Waals surface area contributed by atoms with E-state index in [1.807, 2.05) is 0 Å². The fraction of sp³-hybridized carbons (Fsp3) is 0.250. The van der Waals surface area contributed by atoms with E-state index in [2.05, 4.69) is 5.32 Å². The van der Waals surface area contributed by atoms with Crippen LogP contribution in [0.5, 0.6) is 0 Å². The van der Waals surface area contributed by atoms with Crippen LogP contribution in [0.2, 0.25) is 5.02 Å².